The average Bonchev–Trinajstić information content (AvgIpc) is 2.90. The van der Waals surface area contributed by atoms with Crippen LogP contribution in [-0.2, 0) is 0 Å². The summed E-state index contributed by atoms with van der Waals surface area (Å²) in [5.74, 6) is -0.0363. The van der Waals surface area contributed by atoms with Gasteiger partial charge < -0.3 is 10.0 Å². The van der Waals surface area contributed by atoms with Crippen molar-refractivity contribution in [1.29, 1.82) is 0 Å². The number of aromatic nitrogens is 1. The number of nitrogens with zero attached hydrogens (tertiary/aromatic N) is 2. The first kappa shape index (κ1) is 15.7. The smallest absolute Gasteiger partial charge is 0.253 e. The van der Waals surface area contributed by atoms with Crippen molar-refractivity contribution in [3.05, 3.63) is 40.9 Å². The van der Waals surface area contributed by atoms with Gasteiger partial charge in [0.2, 0.25) is 0 Å². The highest BCUT2D eigenvalue weighted by molar-refractivity contribution is 7.13. The van der Waals surface area contributed by atoms with Crippen LogP contribution in [-0.4, -0.2) is 40.6 Å². The highest BCUT2D eigenvalue weighted by Crippen LogP contribution is 2.24. The van der Waals surface area contributed by atoms with E-state index in [0.29, 0.717) is 18.5 Å². The summed E-state index contributed by atoms with van der Waals surface area (Å²) in [5.41, 5.74) is 2.59. The first-order valence-corrected chi connectivity index (χ1v) is 7.81. The second-order valence-corrected chi connectivity index (χ2v) is 6.10. The maximum absolute atomic E-state index is 12.4. The molecule has 1 aromatic heterocycles. The predicted octanol–water partition coefficient (Wildman–Crippen LogP) is 2.96. The molecule has 1 heterocycles. The first-order valence-electron chi connectivity index (χ1n) is 6.93. The molecule has 1 amide bonds. The van der Waals surface area contributed by atoms with Crippen molar-refractivity contribution in [1.82, 2.24) is 9.88 Å². The molecule has 0 saturated carbocycles. The van der Waals surface area contributed by atoms with Crippen molar-refractivity contribution in [3.63, 3.8) is 0 Å². The van der Waals surface area contributed by atoms with Crippen LogP contribution in [0.4, 0.5) is 0 Å². The molecule has 2 aromatic rings. The van der Waals surface area contributed by atoms with E-state index in [1.807, 2.05) is 36.6 Å². The number of amides is 1. The van der Waals surface area contributed by atoms with Gasteiger partial charge in [-0.3, -0.25) is 4.79 Å². The zero-order chi connectivity index (χ0) is 15.4. The highest BCUT2D eigenvalue weighted by Gasteiger charge is 2.13. The molecule has 21 heavy (non-hydrogen) atoms. The van der Waals surface area contributed by atoms with Crippen LogP contribution in [0.2, 0.25) is 0 Å². The van der Waals surface area contributed by atoms with Gasteiger partial charge in [0, 0.05) is 35.8 Å². The zero-order valence-electron chi connectivity index (χ0n) is 12.5. The minimum absolute atomic E-state index is 0.0363. The number of carbonyl (C=O) groups is 1. The molecule has 4 nitrogen and oxygen atoms in total. The molecule has 112 valence electrons. The van der Waals surface area contributed by atoms with E-state index in [2.05, 4.69) is 4.98 Å². The van der Waals surface area contributed by atoms with Gasteiger partial charge in [0.1, 0.15) is 5.01 Å². The Morgan fingerprint density at radius 2 is 2.24 bits per heavy atom. The second kappa shape index (κ2) is 6.83. The van der Waals surface area contributed by atoms with Gasteiger partial charge in [-0.15, -0.1) is 11.3 Å². The maximum Gasteiger partial charge on any atom is 0.253 e. The Bertz CT molecular complexity index is 622. The largest absolute Gasteiger partial charge is 0.393 e. The number of aliphatic hydroxyl groups excluding tert-OH is 1. The fourth-order valence-corrected chi connectivity index (χ4v) is 2.77. The number of carbonyl (C=O) groups excluding carboxylic acids is 1. The molecule has 1 N–H and O–H groups in total. The molecule has 0 aliphatic rings. The lowest BCUT2D eigenvalue weighted by molar-refractivity contribution is 0.0769. The molecule has 0 fully saturated rings. The van der Waals surface area contributed by atoms with E-state index >= 15 is 0 Å². The van der Waals surface area contributed by atoms with E-state index in [-0.39, 0.29) is 5.91 Å². The molecule has 2 rings (SSSR count). The average molecular weight is 304 g/mol. The molecule has 1 aromatic carbocycles. The monoisotopic (exact) mass is 304 g/mol. The highest BCUT2D eigenvalue weighted by atomic mass is 32.1. The Morgan fingerprint density at radius 3 is 2.86 bits per heavy atom. The van der Waals surface area contributed by atoms with Crippen LogP contribution < -0.4 is 0 Å². The van der Waals surface area contributed by atoms with Crippen molar-refractivity contribution < 1.29 is 9.90 Å². The Labute approximate surface area is 129 Å². The number of aryl methyl sites for hydroxylation is 1. The third-order valence-corrected chi connectivity index (χ3v) is 4.21. The molecule has 0 spiro atoms. The lowest BCUT2D eigenvalue weighted by Crippen LogP contribution is -2.29. The van der Waals surface area contributed by atoms with E-state index < -0.39 is 6.10 Å². The van der Waals surface area contributed by atoms with Crippen molar-refractivity contribution in [3.8, 4) is 10.6 Å². The summed E-state index contributed by atoms with van der Waals surface area (Å²) in [6.45, 7) is 4.22. The van der Waals surface area contributed by atoms with Gasteiger partial charge in [-0.2, -0.15) is 0 Å². The maximum atomic E-state index is 12.4. The number of rotatable bonds is 5. The van der Waals surface area contributed by atoms with Crippen molar-refractivity contribution in [2.75, 3.05) is 13.6 Å². The van der Waals surface area contributed by atoms with Crippen LogP contribution in [0.1, 0.15) is 29.4 Å². The number of aliphatic hydroxyl groups is 1. The Balaban J connectivity index is 2.15. The van der Waals surface area contributed by atoms with Gasteiger partial charge in [0.05, 0.1) is 6.10 Å². The minimum atomic E-state index is -0.398. The normalized spacial score (nSPS) is 12.2. The number of thiazole rings is 1. The Hall–Kier alpha value is -1.72. The summed E-state index contributed by atoms with van der Waals surface area (Å²) in [7, 11) is 1.75. The van der Waals surface area contributed by atoms with Gasteiger partial charge in [-0.05, 0) is 32.4 Å². The van der Waals surface area contributed by atoms with Gasteiger partial charge in [-0.25, -0.2) is 4.98 Å². The summed E-state index contributed by atoms with van der Waals surface area (Å²) < 4.78 is 0. The van der Waals surface area contributed by atoms with Gasteiger partial charge in [-0.1, -0.05) is 12.1 Å². The summed E-state index contributed by atoms with van der Waals surface area (Å²) in [6.07, 6.45) is 0.179. The fraction of sp³-hybridized carbons (Fsp3) is 0.375. The first-order chi connectivity index (χ1) is 9.97. The van der Waals surface area contributed by atoms with Crippen molar-refractivity contribution in [2.24, 2.45) is 0 Å². The standard InChI is InChI=1S/C16H20N2O2S/c1-11-10-21-15(17-11)13-5-4-6-14(9-13)16(20)18(3)8-7-12(2)19/h4-6,9-10,12,19H,7-8H2,1-3H3. The van der Waals surface area contributed by atoms with E-state index in [0.717, 1.165) is 16.3 Å². The van der Waals surface area contributed by atoms with Crippen LogP contribution in [0.5, 0.6) is 0 Å². The fourth-order valence-electron chi connectivity index (χ4n) is 1.97. The second-order valence-electron chi connectivity index (χ2n) is 5.24. The third kappa shape index (κ3) is 4.12. The van der Waals surface area contributed by atoms with Crippen LogP contribution in [0.25, 0.3) is 10.6 Å². The SMILES string of the molecule is Cc1csc(-c2cccc(C(=O)N(C)CCC(C)O)c2)n1. The van der Waals surface area contributed by atoms with E-state index in [1.54, 1.807) is 30.2 Å². The van der Waals surface area contributed by atoms with Crippen molar-refractivity contribution in [2.45, 2.75) is 26.4 Å². The molecular formula is C16H20N2O2S. The molecule has 5 heteroatoms. The molecule has 0 bridgehead atoms. The predicted molar refractivity (Wildman–Crippen MR) is 85.5 cm³/mol. The summed E-state index contributed by atoms with van der Waals surface area (Å²) >= 11 is 1.58. The van der Waals surface area contributed by atoms with Crippen molar-refractivity contribution >= 4 is 17.2 Å². The van der Waals surface area contributed by atoms with E-state index in [4.69, 9.17) is 0 Å². The van der Waals surface area contributed by atoms with Crippen LogP contribution in [0.3, 0.4) is 0 Å². The summed E-state index contributed by atoms with van der Waals surface area (Å²) in [5, 5.41) is 12.2. The van der Waals surface area contributed by atoms with Crippen LogP contribution in [0, 0.1) is 6.92 Å². The van der Waals surface area contributed by atoms with Gasteiger partial charge in [0.15, 0.2) is 0 Å². The third-order valence-electron chi connectivity index (χ3n) is 3.20. The molecule has 0 aliphatic carbocycles. The lowest BCUT2D eigenvalue weighted by Gasteiger charge is -2.18. The van der Waals surface area contributed by atoms with Gasteiger partial charge in [0.25, 0.3) is 5.91 Å². The lowest BCUT2D eigenvalue weighted by atomic mass is 10.1. The van der Waals surface area contributed by atoms with E-state index in [9.17, 15) is 9.90 Å². The number of hydrogen-bond acceptors (Lipinski definition) is 4. The molecule has 0 saturated heterocycles. The molecule has 0 aliphatic heterocycles. The quantitative estimate of drug-likeness (QED) is 0.924. The minimum Gasteiger partial charge on any atom is -0.393 e. The van der Waals surface area contributed by atoms with Crippen LogP contribution >= 0.6 is 11.3 Å². The summed E-state index contributed by atoms with van der Waals surface area (Å²) in [4.78, 5) is 18.5. The zero-order valence-corrected chi connectivity index (χ0v) is 13.4. The molecular weight excluding hydrogens is 284 g/mol. The van der Waals surface area contributed by atoms with Gasteiger partial charge >= 0.3 is 0 Å². The number of hydrogen-bond donors (Lipinski definition) is 1. The Kier molecular flexibility index (Phi) is 5.09. The number of benzene rings is 1. The van der Waals surface area contributed by atoms with Crippen LogP contribution in [0.15, 0.2) is 29.6 Å². The summed E-state index contributed by atoms with van der Waals surface area (Å²) in [6, 6.07) is 7.53. The van der Waals surface area contributed by atoms with E-state index in [1.165, 1.54) is 0 Å². The molecule has 0 radical (unpaired) electrons. The topological polar surface area (TPSA) is 53.4 Å². The molecule has 1 atom stereocenters. The molecule has 1 unspecified atom stereocenters. The Morgan fingerprint density at radius 1 is 1.48 bits per heavy atom.